The largest absolute Gasteiger partial charge is 2.00 e. The van der Waals surface area contributed by atoms with E-state index in [1.165, 1.54) is 33.4 Å². The van der Waals surface area contributed by atoms with E-state index < -0.39 is 0 Å². The van der Waals surface area contributed by atoms with E-state index in [9.17, 15) is 0 Å². The van der Waals surface area contributed by atoms with Gasteiger partial charge in [0.2, 0.25) is 0 Å². The Bertz CT molecular complexity index is 4080. The summed E-state index contributed by atoms with van der Waals surface area (Å²) >= 11 is 0. The van der Waals surface area contributed by atoms with Gasteiger partial charge < -0.3 is 9.55 Å². The fourth-order valence-corrected chi connectivity index (χ4v) is 10.7. The molecule has 5 nitrogen and oxygen atoms in total. The average Bonchev–Trinajstić information content (AvgIpc) is 4.07. The Morgan fingerprint density at radius 1 is 0.493 bits per heavy atom. The molecule has 0 saturated heterocycles. The molecule has 13 rings (SSSR count). The van der Waals surface area contributed by atoms with E-state index in [2.05, 4.69) is 236 Å². The molecule has 0 aliphatic heterocycles. The van der Waals surface area contributed by atoms with Crippen molar-refractivity contribution in [2.45, 2.75) is 20.8 Å². The number of benzene rings is 9. The maximum Gasteiger partial charge on any atom is 2.00 e. The number of aryl methyl sites for hydroxylation is 3. The van der Waals surface area contributed by atoms with Crippen molar-refractivity contribution in [3.05, 3.63) is 229 Å². The third-order valence-corrected chi connectivity index (χ3v) is 13.6. The molecule has 4 aromatic heterocycles. The molecular formula is C63H43N5Pt. The van der Waals surface area contributed by atoms with Gasteiger partial charge in [0.15, 0.2) is 0 Å². The Hall–Kier alpha value is -8.11. The van der Waals surface area contributed by atoms with Gasteiger partial charge in [0.05, 0.1) is 11.0 Å². The first-order valence-electron chi connectivity index (χ1n) is 23.2. The second-order valence-corrected chi connectivity index (χ2v) is 17.9. The fraction of sp³-hybridized carbons (Fsp3) is 0.0476. The predicted molar refractivity (Wildman–Crippen MR) is 282 cm³/mol. The first-order valence-corrected chi connectivity index (χ1v) is 23.2. The van der Waals surface area contributed by atoms with E-state index in [4.69, 9.17) is 15.0 Å². The third kappa shape index (κ3) is 6.95. The number of nitrogens with zero attached hydrogens (tertiary/aromatic N) is 5. The van der Waals surface area contributed by atoms with Crippen LogP contribution in [0, 0.1) is 26.8 Å². The topological polar surface area (TPSA) is 49.7 Å². The number of rotatable bonds is 7. The van der Waals surface area contributed by atoms with Crippen molar-refractivity contribution in [3.63, 3.8) is 0 Å². The van der Waals surface area contributed by atoms with Gasteiger partial charge in [-0.2, -0.15) is 0 Å². The smallest absolute Gasteiger partial charge is 0.656 e. The van der Waals surface area contributed by atoms with Gasteiger partial charge in [-0.15, -0.1) is 34.8 Å². The second kappa shape index (κ2) is 16.9. The number of pyridine rings is 1. The van der Waals surface area contributed by atoms with Crippen molar-refractivity contribution in [2.75, 3.05) is 0 Å². The quantitative estimate of drug-likeness (QED) is 0.149. The number of aromatic nitrogens is 5. The third-order valence-electron chi connectivity index (χ3n) is 13.6. The molecule has 0 saturated carbocycles. The Labute approximate surface area is 414 Å². The van der Waals surface area contributed by atoms with Gasteiger partial charge in [-0.1, -0.05) is 168 Å². The van der Waals surface area contributed by atoms with E-state index in [0.717, 1.165) is 105 Å². The molecule has 0 fully saturated rings. The fourth-order valence-electron chi connectivity index (χ4n) is 10.7. The molecule has 4 heterocycles. The molecule has 0 aliphatic carbocycles. The van der Waals surface area contributed by atoms with E-state index in [0.29, 0.717) is 0 Å². The molecule has 330 valence electrons. The summed E-state index contributed by atoms with van der Waals surface area (Å²) in [7, 11) is 0. The van der Waals surface area contributed by atoms with Gasteiger partial charge in [-0.3, -0.25) is 4.57 Å². The summed E-state index contributed by atoms with van der Waals surface area (Å²) in [4.78, 5) is 16.1. The number of fused-ring (bicyclic) bond motifs is 7. The first-order chi connectivity index (χ1) is 33.5. The molecule has 9 aromatic carbocycles. The monoisotopic (exact) mass is 1060 g/mol. The molecular weight excluding hydrogens is 1020 g/mol. The van der Waals surface area contributed by atoms with Gasteiger partial charge in [0.1, 0.15) is 11.6 Å². The maximum atomic E-state index is 5.68. The van der Waals surface area contributed by atoms with Gasteiger partial charge in [-0.05, 0) is 123 Å². The SMILES string of the molecule is Cc1cc(C)c(-c2ccc(-c3nc4c(-c5[c-]c6c(cc5)c5cc(-c7ccccc7)ccc5n6-c5cc(-c6ccccc6)ccn5)cccc4n3-c3ccccc3)c3[n-]c4ccccc4c23)c(C)c1.[Pt+2]. The summed E-state index contributed by atoms with van der Waals surface area (Å²) < 4.78 is 4.57. The molecule has 0 atom stereocenters. The van der Waals surface area contributed by atoms with Crippen LogP contribution in [0.25, 0.3) is 122 Å². The predicted octanol–water partition coefficient (Wildman–Crippen LogP) is 15.8. The summed E-state index contributed by atoms with van der Waals surface area (Å²) in [5.41, 5.74) is 20.6. The molecule has 0 radical (unpaired) electrons. The van der Waals surface area contributed by atoms with Crippen LogP contribution in [0.1, 0.15) is 16.7 Å². The van der Waals surface area contributed by atoms with E-state index in [1.807, 2.05) is 6.20 Å². The zero-order valence-corrected chi connectivity index (χ0v) is 40.5. The molecule has 0 N–H and O–H groups in total. The maximum absolute atomic E-state index is 5.68. The van der Waals surface area contributed by atoms with Crippen LogP contribution in [-0.2, 0) is 21.1 Å². The van der Waals surface area contributed by atoms with E-state index in [-0.39, 0.29) is 21.1 Å². The molecule has 0 spiro atoms. The summed E-state index contributed by atoms with van der Waals surface area (Å²) in [6, 6.07) is 75.2. The Balaban J connectivity index is 0.00000492. The van der Waals surface area contributed by atoms with Crippen molar-refractivity contribution in [2.24, 2.45) is 0 Å². The van der Waals surface area contributed by atoms with E-state index in [1.54, 1.807) is 0 Å². The minimum absolute atomic E-state index is 0. The second-order valence-electron chi connectivity index (χ2n) is 17.9. The van der Waals surface area contributed by atoms with Crippen LogP contribution in [0.4, 0.5) is 0 Å². The van der Waals surface area contributed by atoms with Gasteiger partial charge in [-0.25, -0.2) is 9.97 Å². The van der Waals surface area contributed by atoms with Crippen LogP contribution >= 0.6 is 0 Å². The molecule has 0 amide bonds. The van der Waals surface area contributed by atoms with Gasteiger partial charge in [0.25, 0.3) is 0 Å². The molecule has 13 aromatic rings. The number of hydrogen-bond donors (Lipinski definition) is 0. The van der Waals surface area contributed by atoms with Crippen LogP contribution in [0.3, 0.4) is 0 Å². The molecule has 6 heteroatoms. The van der Waals surface area contributed by atoms with E-state index >= 15 is 0 Å². The van der Waals surface area contributed by atoms with Crippen LogP contribution in [0.2, 0.25) is 0 Å². The zero-order chi connectivity index (χ0) is 45.5. The molecule has 0 aliphatic rings. The minimum atomic E-state index is 0. The van der Waals surface area contributed by atoms with Crippen LogP contribution in [-0.4, -0.2) is 19.1 Å². The van der Waals surface area contributed by atoms with Crippen molar-refractivity contribution in [3.8, 4) is 67.4 Å². The zero-order valence-electron chi connectivity index (χ0n) is 38.2. The Morgan fingerprint density at radius 3 is 1.93 bits per heavy atom. The Morgan fingerprint density at radius 2 is 1.17 bits per heavy atom. The van der Waals surface area contributed by atoms with Crippen molar-refractivity contribution >= 4 is 54.6 Å². The summed E-state index contributed by atoms with van der Waals surface area (Å²) in [6.45, 7) is 6.61. The van der Waals surface area contributed by atoms with Crippen molar-refractivity contribution in [1.82, 2.24) is 24.1 Å². The minimum Gasteiger partial charge on any atom is -0.656 e. The van der Waals surface area contributed by atoms with Gasteiger partial charge in [0, 0.05) is 23.0 Å². The van der Waals surface area contributed by atoms with Crippen LogP contribution in [0.5, 0.6) is 0 Å². The normalized spacial score (nSPS) is 11.6. The molecule has 0 unspecified atom stereocenters. The summed E-state index contributed by atoms with van der Waals surface area (Å²) in [5.74, 6) is 1.67. The van der Waals surface area contributed by atoms with Crippen LogP contribution in [0.15, 0.2) is 206 Å². The first kappa shape index (κ1) is 42.3. The average molecular weight is 1070 g/mol. The number of para-hydroxylation sites is 3. The summed E-state index contributed by atoms with van der Waals surface area (Å²) in [5, 5.41) is 4.53. The Kier molecular flexibility index (Phi) is 10.3. The molecule has 69 heavy (non-hydrogen) atoms. The standard InChI is InChI=1S/C63H43N5.Pt/c1-39-34-40(2)59(41(3)35-39)51-29-30-52(62-60(51)50-22-13-14-24-54(50)65-62)63-66-61-48(23-15-25-56(61)67(63)47-20-11-6-12-21-47)46-26-28-49-53-36-44(42-16-7-4-8-17-42)27-31-55(53)68(57(49)37-46)58-38-45(32-33-64-58)43-18-9-5-10-19-43;/h4-36,38H,1-3H3;/q-2;+2. The van der Waals surface area contributed by atoms with Crippen molar-refractivity contribution < 1.29 is 21.1 Å². The van der Waals surface area contributed by atoms with Gasteiger partial charge >= 0.3 is 21.1 Å². The summed E-state index contributed by atoms with van der Waals surface area (Å²) in [6.07, 6.45) is 1.91. The molecule has 0 bridgehead atoms. The number of hydrogen-bond acceptors (Lipinski definition) is 2. The number of imidazole rings is 1. The van der Waals surface area contributed by atoms with Crippen LogP contribution < -0.4 is 4.98 Å². The van der Waals surface area contributed by atoms with Crippen molar-refractivity contribution in [1.29, 1.82) is 0 Å².